The molecule has 0 unspecified atom stereocenters. The Morgan fingerprint density at radius 2 is 1.84 bits per heavy atom. The minimum absolute atomic E-state index is 0.0803. The number of hydrogen-bond donors (Lipinski definition) is 1. The Balaban J connectivity index is 2.25. The van der Waals surface area contributed by atoms with Crippen LogP contribution in [0, 0.1) is 12.8 Å². The normalized spacial score (nSPS) is 14.0. The van der Waals surface area contributed by atoms with Crippen LogP contribution in [0.1, 0.15) is 36.9 Å². The van der Waals surface area contributed by atoms with E-state index in [0.29, 0.717) is 5.56 Å². The first-order valence-corrected chi connectivity index (χ1v) is 11.1. The molecule has 0 fully saturated rings. The average molecular weight is 387 g/mol. The second-order valence-electron chi connectivity index (χ2n) is 6.27. The number of aryl methyl sites for hydroxylation is 1. The predicted molar refractivity (Wildman–Crippen MR) is 91.9 cm³/mol. The Hall–Kier alpha value is -1.78. The number of nitrogens with zero attached hydrogens (tertiary/aromatic N) is 2. The van der Waals surface area contributed by atoms with Crippen LogP contribution in [0.25, 0.3) is 0 Å². The summed E-state index contributed by atoms with van der Waals surface area (Å²) >= 11 is 0. The zero-order valence-corrected chi connectivity index (χ0v) is 16.1. The summed E-state index contributed by atoms with van der Waals surface area (Å²) < 4.78 is 55.6. The highest BCUT2D eigenvalue weighted by molar-refractivity contribution is 7.90. The molecule has 2 rings (SSSR count). The number of benzene rings is 1. The number of aromatic nitrogens is 2. The van der Waals surface area contributed by atoms with Crippen molar-refractivity contribution in [3.8, 4) is 0 Å². The summed E-state index contributed by atoms with van der Waals surface area (Å²) in [5.41, 5.74) is 1.61. The van der Waals surface area contributed by atoms with Crippen LogP contribution >= 0.6 is 0 Å². The number of sulfone groups is 1. The van der Waals surface area contributed by atoms with E-state index >= 15 is 0 Å². The summed E-state index contributed by atoms with van der Waals surface area (Å²) in [4.78, 5) is 0. The highest BCUT2D eigenvalue weighted by Gasteiger charge is 2.29. The Morgan fingerprint density at radius 3 is 2.36 bits per heavy atom. The first kappa shape index (κ1) is 19.5. The van der Waals surface area contributed by atoms with Crippen LogP contribution < -0.4 is 4.72 Å². The molecule has 10 heteroatoms. The molecule has 0 aliphatic heterocycles. The molecule has 2 aromatic rings. The van der Waals surface area contributed by atoms with Gasteiger partial charge in [0.15, 0.2) is 0 Å². The molecule has 0 radical (unpaired) electrons. The lowest BCUT2D eigenvalue weighted by atomic mass is 10.1. The first-order chi connectivity index (χ1) is 11.5. The van der Waals surface area contributed by atoms with E-state index in [0.717, 1.165) is 11.8 Å². The molecule has 25 heavy (non-hydrogen) atoms. The van der Waals surface area contributed by atoms with Gasteiger partial charge in [-0.25, -0.2) is 21.6 Å². The minimum Gasteiger partial charge on any atom is -0.411 e. The third kappa shape index (κ3) is 5.35. The van der Waals surface area contributed by atoms with E-state index in [4.69, 9.17) is 4.42 Å². The van der Waals surface area contributed by atoms with Gasteiger partial charge in [-0.2, -0.15) is 0 Å². The molecule has 1 aromatic heterocycles. The molecule has 0 amide bonds. The Labute approximate surface area is 147 Å². The van der Waals surface area contributed by atoms with Gasteiger partial charge in [-0.1, -0.05) is 48.8 Å². The van der Waals surface area contributed by atoms with Crippen molar-refractivity contribution in [1.82, 2.24) is 14.9 Å². The van der Waals surface area contributed by atoms with Crippen LogP contribution in [0.4, 0.5) is 0 Å². The van der Waals surface area contributed by atoms with Gasteiger partial charge < -0.3 is 4.42 Å². The number of rotatable bonds is 7. The predicted octanol–water partition coefficient (Wildman–Crippen LogP) is 1.60. The smallest absolute Gasteiger partial charge is 0.335 e. The van der Waals surface area contributed by atoms with Gasteiger partial charge in [0.2, 0.25) is 25.8 Å². The molecule has 0 saturated heterocycles. The Morgan fingerprint density at radius 1 is 1.16 bits per heavy atom. The van der Waals surface area contributed by atoms with Crippen molar-refractivity contribution in [1.29, 1.82) is 0 Å². The van der Waals surface area contributed by atoms with Gasteiger partial charge in [-0.15, -0.1) is 5.10 Å². The zero-order valence-electron chi connectivity index (χ0n) is 14.4. The number of nitrogens with one attached hydrogen (secondary N) is 1. The van der Waals surface area contributed by atoms with Crippen LogP contribution in [-0.2, 0) is 25.6 Å². The van der Waals surface area contributed by atoms with Crippen LogP contribution in [0.5, 0.6) is 0 Å². The van der Waals surface area contributed by atoms with E-state index < -0.39 is 31.1 Å². The van der Waals surface area contributed by atoms with Crippen molar-refractivity contribution in [3.05, 3.63) is 41.3 Å². The number of hydrogen-bond acceptors (Lipinski definition) is 7. The largest absolute Gasteiger partial charge is 0.411 e. The minimum atomic E-state index is -3.70. The van der Waals surface area contributed by atoms with Crippen LogP contribution in [-0.4, -0.2) is 33.3 Å². The van der Waals surface area contributed by atoms with Gasteiger partial charge in [0, 0.05) is 6.26 Å². The van der Waals surface area contributed by atoms with Gasteiger partial charge >= 0.3 is 5.22 Å². The van der Waals surface area contributed by atoms with Crippen molar-refractivity contribution in [3.63, 3.8) is 0 Å². The second kappa shape index (κ2) is 7.22. The van der Waals surface area contributed by atoms with Crippen molar-refractivity contribution >= 4 is 19.9 Å². The molecule has 8 nitrogen and oxygen atoms in total. The molecular formula is C15H21N3O5S2. The molecule has 0 aliphatic carbocycles. The SMILES string of the molecule is Cc1cccc(CS(=O)(=O)N[C@H](c2nnc(S(C)(=O)=O)o2)C(C)C)c1. The Kier molecular flexibility index (Phi) is 5.65. The highest BCUT2D eigenvalue weighted by Crippen LogP contribution is 2.23. The fraction of sp³-hybridized carbons (Fsp3) is 0.467. The van der Waals surface area contributed by atoms with Crippen molar-refractivity contribution < 1.29 is 21.3 Å². The quantitative estimate of drug-likeness (QED) is 0.766. The molecule has 1 N–H and O–H groups in total. The molecule has 1 atom stereocenters. The fourth-order valence-electron chi connectivity index (χ4n) is 2.22. The van der Waals surface area contributed by atoms with E-state index in [2.05, 4.69) is 14.9 Å². The standard InChI is InChI=1S/C15H21N3O5S2/c1-10(2)13(14-16-17-15(23-14)24(4,19)20)18-25(21,22)9-12-7-5-6-11(3)8-12/h5-8,10,13,18H,9H2,1-4H3/t13-/m0/s1. The summed E-state index contributed by atoms with van der Waals surface area (Å²) in [5, 5.41) is 6.63. The zero-order chi connectivity index (χ0) is 18.8. The summed E-state index contributed by atoms with van der Waals surface area (Å²) in [7, 11) is -7.35. The Bertz CT molecular complexity index is 949. The lowest BCUT2D eigenvalue weighted by Crippen LogP contribution is -2.33. The summed E-state index contributed by atoms with van der Waals surface area (Å²) in [5.74, 6) is -0.506. The van der Waals surface area contributed by atoms with E-state index in [-0.39, 0.29) is 17.6 Å². The van der Waals surface area contributed by atoms with Crippen molar-refractivity contribution in [2.75, 3.05) is 6.26 Å². The van der Waals surface area contributed by atoms with Crippen LogP contribution in [0.15, 0.2) is 33.9 Å². The third-order valence-electron chi connectivity index (χ3n) is 3.42. The molecule has 0 bridgehead atoms. The lowest BCUT2D eigenvalue weighted by molar-refractivity contribution is 0.327. The monoisotopic (exact) mass is 387 g/mol. The van der Waals surface area contributed by atoms with Crippen LogP contribution in [0.3, 0.4) is 0 Å². The van der Waals surface area contributed by atoms with E-state index in [1.807, 2.05) is 13.0 Å². The fourth-order valence-corrected chi connectivity index (χ4v) is 4.11. The maximum Gasteiger partial charge on any atom is 0.335 e. The van der Waals surface area contributed by atoms with E-state index in [1.54, 1.807) is 32.0 Å². The average Bonchev–Trinajstić information content (AvgIpc) is 2.93. The van der Waals surface area contributed by atoms with Gasteiger partial charge in [0.25, 0.3) is 0 Å². The van der Waals surface area contributed by atoms with Crippen LogP contribution in [0.2, 0.25) is 0 Å². The van der Waals surface area contributed by atoms with Gasteiger partial charge in [-0.05, 0) is 18.4 Å². The summed E-state index contributed by atoms with van der Waals surface area (Å²) in [6, 6.07) is 6.36. The lowest BCUT2D eigenvalue weighted by Gasteiger charge is -2.18. The van der Waals surface area contributed by atoms with Crippen molar-refractivity contribution in [2.24, 2.45) is 5.92 Å². The first-order valence-electron chi connectivity index (χ1n) is 7.57. The maximum atomic E-state index is 12.5. The molecular weight excluding hydrogens is 366 g/mol. The second-order valence-corrected chi connectivity index (χ2v) is 9.91. The van der Waals surface area contributed by atoms with Gasteiger partial charge in [-0.3, -0.25) is 0 Å². The van der Waals surface area contributed by atoms with E-state index in [9.17, 15) is 16.8 Å². The maximum absolute atomic E-state index is 12.5. The molecule has 0 spiro atoms. The topological polar surface area (TPSA) is 119 Å². The molecule has 1 heterocycles. The third-order valence-corrected chi connectivity index (χ3v) is 5.54. The molecule has 0 saturated carbocycles. The highest BCUT2D eigenvalue weighted by atomic mass is 32.2. The molecule has 1 aromatic carbocycles. The van der Waals surface area contributed by atoms with E-state index in [1.165, 1.54) is 0 Å². The van der Waals surface area contributed by atoms with Gasteiger partial charge in [0.05, 0.1) is 5.75 Å². The summed E-state index contributed by atoms with van der Waals surface area (Å²) in [6.07, 6.45) is 0.941. The van der Waals surface area contributed by atoms with Gasteiger partial charge in [0.1, 0.15) is 6.04 Å². The summed E-state index contributed by atoms with van der Waals surface area (Å²) in [6.45, 7) is 5.42. The number of sulfonamides is 1. The van der Waals surface area contributed by atoms with Crippen molar-refractivity contribution in [2.45, 2.75) is 37.8 Å². The molecule has 0 aliphatic rings. The molecule has 138 valence electrons.